The third-order valence-electron chi connectivity index (χ3n) is 5.16. The van der Waals surface area contributed by atoms with Crippen LogP contribution in [0.4, 0.5) is 0 Å². The van der Waals surface area contributed by atoms with Gasteiger partial charge in [-0.2, -0.15) is 8.61 Å². The monoisotopic (exact) mass is 468 g/mol. The van der Waals surface area contributed by atoms with Crippen LogP contribution in [0.3, 0.4) is 0 Å². The van der Waals surface area contributed by atoms with Crippen LogP contribution in [-0.4, -0.2) is 71.9 Å². The van der Waals surface area contributed by atoms with Crippen molar-refractivity contribution in [2.45, 2.75) is 23.6 Å². The highest BCUT2D eigenvalue weighted by atomic mass is 32.2. The molecule has 0 radical (unpaired) electrons. The van der Waals surface area contributed by atoms with Crippen molar-refractivity contribution in [1.29, 1.82) is 0 Å². The maximum atomic E-state index is 13.0. The summed E-state index contributed by atoms with van der Waals surface area (Å²) in [6.45, 7) is 4.89. The highest BCUT2D eigenvalue weighted by molar-refractivity contribution is 7.89. The quantitative estimate of drug-likeness (QED) is 0.551. The summed E-state index contributed by atoms with van der Waals surface area (Å²) in [7, 11) is -5.82. The van der Waals surface area contributed by atoms with Crippen molar-refractivity contribution in [2.24, 2.45) is 0 Å². The first-order chi connectivity index (χ1) is 14.7. The maximum Gasteiger partial charge on any atom is 0.243 e. The van der Waals surface area contributed by atoms with Gasteiger partial charge in [0.1, 0.15) is 12.4 Å². The fourth-order valence-corrected chi connectivity index (χ4v) is 6.53. The summed E-state index contributed by atoms with van der Waals surface area (Å²) in [5.41, 5.74) is 1.67. The Morgan fingerprint density at radius 1 is 0.806 bits per heavy atom. The zero-order valence-electron chi connectivity index (χ0n) is 17.9. The second kappa shape index (κ2) is 9.66. The third kappa shape index (κ3) is 5.27. The molecule has 0 aromatic heterocycles. The van der Waals surface area contributed by atoms with Crippen LogP contribution in [0, 0.1) is 13.8 Å². The highest BCUT2D eigenvalue weighted by Gasteiger charge is 2.34. The molecule has 0 atom stereocenters. The van der Waals surface area contributed by atoms with Crippen LogP contribution in [0.1, 0.15) is 11.1 Å². The summed E-state index contributed by atoms with van der Waals surface area (Å²) in [5, 5.41) is 0. The number of aryl methyl sites for hydroxylation is 2. The van der Waals surface area contributed by atoms with Gasteiger partial charge in [0.15, 0.2) is 0 Å². The number of methoxy groups -OCH3 is 1. The third-order valence-corrected chi connectivity index (χ3v) is 9.14. The minimum absolute atomic E-state index is 0.0958. The average molecular weight is 469 g/mol. The number of hydrogen-bond acceptors (Lipinski definition) is 6. The van der Waals surface area contributed by atoms with Crippen LogP contribution in [0.5, 0.6) is 5.75 Å². The molecule has 8 nitrogen and oxygen atoms in total. The normalized spacial score (nSPS) is 16.4. The van der Waals surface area contributed by atoms with Crippen molar-refractivity contribution in [2.75, 3.05) is 46.5 Å². The Labute approximate surface area is 184 Å². The van der Waals surface area contributed by atoms with Crippen LogP contribution in [0.15, 0.2) is 52.3 Å². The lowest BCUT2D eigenvalue weighted by atomic mass is 10.2. The van der Waals surface area contributed by atoms with Crippen molar-refractivity contribution in [1.82, 2.24) is 8.61 Å². The largest absolute Gasteiger partial charge is 0.491 e. The number of ether oxygens (including phenoxy) is 2. The molecule has 0 saturated carbocycles. The summed E-state index contributed by atoms with van der Waals surface area (Å²) in [6, 6.07) is 11.4. The number of sulfonamides is 2. The molecule has 0 spiro atoms. The van der Waals surface area contributed by atoms with E-state index in [1.54, 1.807) is 38.3 Å². The van der Waals surface area contributed by atoms with Crippen LogP contribution in [0.25, 0.3) is 0 Å². The Bertz CT molecular complexity index is 1110. The van der Waals surface area contributed by atoms with Crippen molar-refractivity contribution >= 4 is 20.0 Å². The minimum atomic E-state index is -3.72. The van der Waals surface area contributed by atoms with Gasteiger partial charge in [-0.05, 0) is 49.7 Å². The van der Waals surface area contributed by atoms with Gasteiger partial charge in [0.2, 0.25) is 20.0 Å². The molecule has 2 aromatic rings. The first-order valence-electron chi connectivity index (χ1n) is 9.95. The smallest absolute Gasteiger partial charge is 0.243 e. The van der Waals surface area contributed by atoms with E-state index < -0.39 is 20.0 Å². The summed E-state index contributed by atoms with van der Waals surface area (Å²) in [6.07, 6.45) is 0. The lowest BCUT2D eigenvalue weighted by Crippen LogP contribution is -2.50. The number of benzene rings is 2. The predicted molar refractivity (Wildman–Crippen MR) is 117 cm³/mol. The van der Waals surface area contributed by atoms with E-state index in [9.17, 15) is 16.8 Å². The fourth-order valence-electron chi connectivity index (χ4n) is 3.48. The van der Waals surface area contributed by atoms with Gasteiger partial charge >= 0.3 is 0 Å². The minimum Gasteiger partial charge on any atom is -0.491 e. The Hall–Kier alpha value is -1.98. The molecule has 1 fully saturated rings. The number of piperazine rings is 1. The molecule has 1 saturated heterocycles. The summed E-state index contributed by atoms with van der Waals surface area (Å²) in [5.74, 6) is 0.556. The zero-order chi connectivity index (χ0) is 22.6. The van der Waals surface area contributed by atoms with E-state index in [-0.39, 0.29) is 36.0 Å². The lowest BCUT2D eigenvalue weighted by Gasteiger charge is -2.33. The van der Waals surface area contributed by atoms with Crippen LogP contribution in [0.2, 0.25) is 0 Å². The number of nitrogens with zero attached hydrogens (tertiary/aromatic N) is 2. The van der Waals surface area contributed by atoms with Gasteiger partial charge in [0.25, 0.3) is 0 Å². The molecule has 1 aliphatic rings. The van der Waals surface area contributed by atoms with E-state index in [1.165, 1.54) is 20.7 Å². The molecule has 1 heterocycles. The summed E-state index contributed by atoms with van der Waals surface area (Å²) >= 11 is 0. The molecule has 3 rings (SSSR count). The molecule has 1 aliphatic heterocycles. The zero-order valence-corrected chi connectivity index (χ0v) is 19.6. The van der Waals surface area contributed by atoms with Crippen molar-refractivity contribution in [3.05, 3.63) is 53.6 Å². The van der Waals surface area contributed by atoms with Crippen molar-refractivity contribution in [3.8, 4) is 5.75 Å². The van der Waals surface area contributed by atoms with Crippen LogP contribution in [-0.2, 0) is 24.8 Å². The summed E-state index contributed by atoms with van der Waals surface area (Å²) in [4.78, 5) is 0.413. The molecule has 0 amide bonds. The highest BCUT2D eigenvalue weighted by Crippen LogP contribution is 2.25. The van der Waals surface area contributed by atoms with Gasteiger partial charge in [-0.3, -0.25) is 0 Å². The molecule has 0 aliphatic carbocycles. The van der Waals surface area contributed by atoms with Gasteiger partial charge in [-0.25, -0.2) is 16.8 Å². The Kier molecular flexibility index (Phi) is 7.38. The second-order valence-corrected chi connectivity index (χ2v) is 11.2. The van der Waals surface area contributed by atoms with Crippen LogP contribution < -0.4 is 4.74 Å². The van der Waals surface area contributed by atoms with Crippen LogP contribution >= 0.6 is 0 Å². The molecule has 170 valence electrons. The van der Waals surface area contributed by atoms with E-state index in [2.05, 4.69) is 0 Å². The average Bonchev–Trinajstić information content (AvgIpc) is 2.74. The van der Waals surface area contributed by atoms with Gasteiger partial charge in [-0.15, -0.1) is 0 Å². The first-order valence-corrected chi connectivity index (χ1v) is 12.8. The van der Waals surface area contributed by atoms with Gasteiger partial charge in [-0.1, -0.05) is 17.7 Å². The SMILES string of the molecule is COCCOc1ccc(S(=O)(=O)N2CCN(S(=O)(=O)c3ccc(C)cc3C)CC2)cc1. The Morgan fingerprint density at radius 3 is 1.94 bits per heavy atom. The van der Waals surface area contributed by atoms with Gasteiger partial charge < -0.3 is 9.47 Å². The summed E-state index contributed by atoms with van der Waals surface area (Å²) < 4.78 is 65.1. The van der Waals surface area contributed by atoms with E-state index in [1.807, 2.05) is 13.0 Å². The molecular weight excluding hydrogens is 440 g/mol. The van der Waals surface area contributed by atoms with E-state index in [0.717, 1.165) is 5.56 Å². The molecular formula is C21H28N2O6S2. The molecule has 31 heavy (non-hydrogen) atoms. The van der Waals surface area contributed by atoms with Crippen molar-refractivity contribution in [3.63, 3.8) is 0 Å². The van der Waals surface area contributed by atoms with Gasteiger partial charge in [0, 0.05) is 33.3 Å². The van der Waals surface area contributed by atoms with E-state index >= 15 is 0 Å². The van der Waals surface area contributed by atoms with E-state index in [0.29, 0.717) is 24.5 Å². The Morgan fingerprint density at radius 2 is 1.39 bits per heavy atom. The molecule has 10 heteroatoms. The van der Waals surface area contributed by atoms with Crippen molar-refractivity contribution < 1.29 is 26.3 Å². The van der Waals surface area contributed by atoms with E-state index in [4.69, 9.17) is 9.47 Å². The standard InChI is InChI=1S/C21H28N2O6S2/c1-17-4-9-21(18(2)16-17)31(26,27)23-12-10-22(11-13-23)30(24,25)20-7-5-19(6-8-20)29-15-14-28-3/h4-9,16H,10-15H2,1-3H3. The lowest BCUT2D eigenvalue weighted by molar-refractivity contribution is 0.146. The fraction of sp³-hybridized carbons (Fsp3) is 0.429. The molecule has 0 N–H and O–H groups in total. The first kappa shape index (κ1) is 23.7. The predicted octanol–water partition coefficient (Wildman–Crippen LogP) is 2.02. The molecule has 0 bridgehead atoms. The molecule has 0 unspecified atom stereocenters. The second-order valence-electron chi connectivity index (χ2n) is 7.39. The maximum absolute atomic E-state index is 13.0. The topological polar surface area (TPSA) is 93.2 Å². The Balaban J connectivity index is 1.68. The molecule has 2 aromatic carbocycles. The van der Waals surface area contributed by atoms with Gasteiger partial charge in [0.05, 0.1) is 16.4 Å². The number of rotatable bonds is 8. The number of hydrogen-bond donors (Lipinski definition) is 0.